The zero-order valence-corrected chi connectivity index (χ0v) is 16.6. The van der Waals surface area contributed by atoms with Crippen LogP contribution in [0.15, 0.2) is 41.6 Å². The number of aromatic nitrogens is 2. The average Bonchev–Trinajstić information content (AvgIpc) is 2.73. The number of carboxylic acid groups (broad SMARTS) is 1. The van der Waals surface area contributed by atoms with Gasteiger partial charge in [0.1, 0.15) is 5.82 Å². The molecule has 0 amide bonds. The molecule has 0 atom stereocenters. The first-order valence-corrected chi connectivity index (χ1v) is 9.58. The van der Waals surface area contributed by atoms with Gasteiger partial charge >= 0.3 is 5.97 Å². The molecular weight excluding hydrogens is 392 g/mol. The minimum atomic E-state index is -0.874. The van der Waals surface area contributed by atoms with Gasteiger partial charge in [-0.3, -0.25) is 4.79 Å². The third-order valence-electron chi connectivity index (χ3n) is 4.00. The molecule has 0 saturated heterocycles. The summed E-state index contributed by atoms with van der Waals surface area (Å²) >= 11 is 1.26. The highest BCUT2D eigenvalue weighted by atomic mass is 32.2. The summed E-state index contributed by atoms with van der Waals surface area (Å²) in [6.45, 7) is 0. The summed E-state index contributed by atoms with van der Waals surface area (Å²) in [4.78, 5) is 19.9. The number of aliphatic carboxylic acids is 1. The van der Waals surface area contributed by atoms with E-state index in [1.165, 1.54) is 11.8 Å². The van der Waals surface area contributed by atoms with Crippen LogP contribution >= 0.6 is 11.8 Å². The number of anilines is 2. The van der Waals surface area contributed by atoms with E-state index in [0.29, 0.717) is 39.3 Å². The van der Waals surface area contributed by atoms with Crippen molar-refractivity contribution >= 4 is 40.1 Å². The predicted molar refractivity (Wildman–Crippen MR) is 110 cm³/mol. The fourth-order valence-electron chi connectivity index (χ4n) is 2.59. The molecule has 9 heteroatoms. The molecule has 2 N–H and O–H groups in total. The summed E-state index contributed by atoms with van der Waals surface area (Å²) < 4.78 is 10.7. The molecule has 1 heterocycles. The predicted octanol–water partition coefficient (Wildman–Crippen LogP) is 3.83. The first-order chi connectivity index (χ1) is 14.0. The topological polar surface area (TPSA) is 117 Å². The summed E-state index contributed by atoms with van der Waals surface area (Å²) in [5, 5.41) is 22.2. The molecule has 0 spiro atoms. The van der Waals surface area contributed by atoms with Gasteiger partial charge in [0.05, 0.1) is 37.8 Å². The van der Waals surface area contributed by atoms with Gasteiger partial charge in [-0.15, -0.1) is 0 Å². The van der Waals surface area contributed by atoms with Gasteiger partial charge in [0.25, 0.3) is 0 Å². The quantitative estimate of drug-likeness (QED) is 0.422. The molecule has 8 nitrogen and oxygen atoms in total. The Balaban J connectivity index is 2.04. The third kappa shape index (κ3) is 4.86. The van der Waals surface area contributed by atoms with Gasteiger partial charge in [-0.2, -0.15) is 5.26 Å². The lowest BCUT2D eigenvalue weighted by Crippen LogP contribution is -2.01. The van der Waals surface area contributed by atoms with Crippen LogP contribution in [0.4, 0.5) is 11.5 Å². The summed E-state index contributed by atoms with van der Waals surface area (Å²) in [6, 6.07) is 12.6. The van der Waals surface area contributed by atoms with Crippen molar-refractivity contribution < 1.29 is 19.4 Å². The number of carboxylic acids is 1. The maximum Gasteiger partial charge on any atom is 0.304 e. The highest BCUT2D eigenvalue weighted by Crippen LogP contribution is 2.36. The van der Waals surface area contributed by atoms with Crippen molar-refractivity contribution in [2.24, 2.45) is 0 Å². The Morgan fingerprint density at radius 2 is 1.86 bits per heavy atom. The van der Waals surface area contributed by atoms with Gasteiger partial charge in [0.2, 0.25) is 0 Å². The van der Waals surface area contributed by atoms with Crippen molar-refractivity contribution in [1.82, 2.24) is 9.97 Å². The van der Waals surface area contributed by atoms with Gasteiger partial charge in [-0.25, -0.2) is 9.97 Å². The highest BCUT2D eigenvalue weighted by molar-refractivity contribution is 7.99. The number of hydrogen-bond acceptors (Lipinski definition) is 8. The Labute approximate surface area is 171 Å². The Morgan fingerprint density at radius 3 is 2.48 bits per heavy atom. The van der Waals surface area contributed by atoms with E-state index in [0.717, 1.165) is 11.1 Å². The van der Waals surface area contributed by atoms with Gasteiger partial charge in [-0.1, -0.05) is 11.8 Å². The number of thioether (sulfide) groups is 1. The van der Waals surface area contributed by atoms with Crippen LogP contribution in [-0.2, 0) is 4.79 Å². The van der Waals surface area contributed by atoms with Crippen LogP contribution in [0.5, 0.6) is 11.5 Å². The number of hydrogen-bond donors (Lipinski definition) is 2. The lowest BCUT2D eigenvalue weighted by molar-refractivity contribution is -0.136. The number of benzene rings is 2. The van der Waals surface area contributed by atoms with Crippen LogP contribution in [0.3, 0.4) is 0 Å². The Morgan fingerprint density at radius 1 is 1.17 bits per heavy atom. The van der Waals surface area contributed by atoms with Crippen molar-refractivity contribution in [2.45, 2.75) is 11.6 Å². The molecule has 148 valence electrons. The molecule has 1 aromatic heterocycles. The first kappa shape index (κ1) is 20.2. The van der Waals surface area contributed by atoms with Crippen molar-refractivity contribution in [3.05, 3.63) is 42.0 Å². The largest absolute Gasteiger partial charge is 0.493 e. The maximum absolute atomic E-state index is 10.8. The van der Waals surface area contributed by atoms with Crippen molar-refractivity contribution in [3.8, 4) is 17.6 Å². The van der Waals surface area contributed by atoms with Crippen molar-refractivity contribution in [1.29, 1.82) is 5.26 Å². The smallest absolute Gasteiger partial charge is 0.304 e. The van der Waals surface area contributed by atoms with Crippen LogP contribution in [-0.4, -0.2) is 41.0 Å². The second-order valence-corrected chi connectivity index (χ2v) is 6.95. The van der Waals surface area contributed by atoms with E-state index in [-0.39, 0.29) is 6.42 Å². The van der Waals surface area contributed by atoms with E-state index < -0.39 is 5.97 Å². The summed E-state index contributed by atoms with van der Waals surface area (Å²) in [6.07, 6.45) is 0.0103. The molecular formula is C20H18N4O4S. The fourth-order valence-corrected chi connectivity index (χ4v) is 3.37. The second kappa shape index (κ2) is 9.12. The molecule has 3 aromatic rings. The van der Waals surface area contributed by atoms with E-state index in [4.69, 9.17) is 19.8 Å². The minimum Gasteiger partial charge on any atom is -0.493 e. The number of nitrogens with zero attached hydrogens (tertiary/aromatic N) is 3. The number of nitrogens with one attached hydrogen (secondary N) is 1. The third-order valence-corrected chi connectivity index (χ3v) is 4.85. The molecule has 2 aromatic carbocycles. The minimum absolute atomic E-state index is 0.0103. The molecule has 0 aliphatic carbocycles. The summed E-state index contributed by atoms with van der Waals surface area (Å²) in [7, 11) is 3.09. The number of rotatable bonds is 8. The average molecular weight is 410 g/mol. The fraction of sp³-hybridized carbons (Fsp3) is 0.200. The number of methoxy groups -OCH3 is 2. The Hall–Kier alpha value is -3.51. The molecule has 0 aliphatic heterocycles. The molecule has 0 bridgehead atoms. The van der Waals surface area contributed by atoms with Crippen LogP contribution in [0.25, 0.3) is 10.9 Å². The first-order valence-electron chi connectivity index (χ1n) is 8.59. The number of nitriles is 1. The van der Waals surface area contributed by atoms with E-state index in [1.54, 1.807) is 50.6 Å². The zero-order chi connectivity index (χ0) is 20.8. The standard InChI is InChI=1S/C20H18N4O4S/c1-27-16-9-14-15(10-17(16)28-2)23-20(29-8-7-18(25)26)24-19(14)22-13-5-3-12(11-21)4-6-13/h3-6,9-10H,7-8H2,1-2H3,(H,25,26)(H,22,23,24). The molecule has 3 rings (SSSR count). The zero-order valence-electron chi connectivity index (χ0n) is 15.8. The molecule has 0 aliphatic rings. The SMILES string of the molecule is COc1cc2nc(SCCC(=O)O)nc(Nc3ccc(C#N)cc3)c2cc1OC. The van der Waals surface area contributed by atoms with Crippen LogP contribution in [0.2, 0.25) is 0 Å². The molecule has 0 unspecified atom stereocenters. The molecule has 0 saturated carbocycles. The maximum atomic E-state index is 10.8. The van der Waals surface area contributed by atoms with Crippen molar-refractivity contribution in [2.75, 3.05) is 25.3 Å². The van der Waals surface area contributed by atoms with Gasteiger partial charge in [0, 0.05) is 22.9 Å². The van der Waals surface area contributed by atoms with Crippen LogP contribution in [0, 0.1) is 11.3 Å². The molecule has 0 radical (unpaired) electrons. The van der Waals surface area contributed by atoms with Gasteiger partial charge < -0.3 is 19.9 Å². The van der Waals surface area contributed by atoms with Gasteiger partial charge in [0.15, 0.2) is 16.7 Å². The van der Waals surface area contributed by atoms with Crippen molar-refractivity contribution in [3.63, 3.8) is 0 Å². The second-order valence-electron chi connectivity index (χ2n) is 5.89. The van der Waals surface area contributed by atoms with Crippen LogP contribution < -0.4 is 14.8 Å². The molecule has 29 heavy (non-hydrogen) atoms. The van der Waals surface area contributed by atoms with Crippen LogP contribution in [0.1, 0.15) is 12.0 Å². The normalized spacial score (nSPS) is 10.4. The van der Waals surface area contributed by atoms with Gasteiger partial charge in [-0.05, 0) is 30.3 Å². The summed E-state index contributed by atoms with van der Waals surface area (Å²) in [5.74, 6) is 1.09. The van der Waals surface area contributed by atoms with E-state index >= 15 is 0 Å². The lowest BCUT2D eigenvalue weighted by atomic mass is 10.2. The van der Waals surface area contributed by atoms with E-state index in [9.17, 15) is 4.79 Å². The number of carbonyl (C=O) groups is 1. The molecule has 0 fully saturated rings. The lowest BCUT2D eigenvalue weighted by Gasteiger charge is -2.14. The van der Waals surface area contributed by atoms with E-state index in [1.807, 2.05) is 0 Å². The van der Waals surface area contributed by atoms with E-state index in [2.05, 4.69) is 21.4 Å². The number of ether oxygens (including phenoxy) is 2. The highest BCUT2D eigenvalue weighted by Gasteiger charge is 2.14. The monoisotopic (exact) mass is 410 g/mol. The Kier molecular flexibility index (Phi) is 6.36. The Bertz CT molecular complexity index is 1080. The summed E-state index contributed by atoms with van der Waals surface area (Å²) in [5.41, 5.74) is 1.94. The number of fused-ring (bicyclic) bond motifs is 1.